The summed E-state index contributed by atoms with van der Waals surface area (Å²) in [5.41, 5.74) is 0. The lowest BCUT2D eigenvalue weighted by atomic mass is 10.3. The molecule has 0 spiro atoms. The van der Waals surface area contributed by atoms with Crippen LogP contribution in [0.3, 0.4) is 0 Å². The number of hydrogen-bond acceptors (Lipinski definition) is 7. The molecule has 2 atom stereocenters. The fraction of sp³-hybridized carbons (Fsp3) is 1.00. The van der Waals surface area contributed by atoms with Crippen molar-refractivity contribution in [3.05, 3.63) is 0 Å². The fourth-order valence-corrected chi connectivity index (χ4v) is 3.93. The second-order valence-electron chi connectivity index (χ2n) is 9.22. The molecule has 0 aromatic rings. The lowest BCUT2D eigenvalue weighted by Gasteiger charge is -2.31. The summed E-state index contributed by atoms with van der Waals surface area (Å²) in [5.74, 6) is 0. The van der Waals surface area contributed by atoms with Gasteiger partial charge in [0.05, 0.1) is 0 Å². The summed E-state index contributed by atoms with van der Waals surface area (Å²) < 4.78 is 5.94. The predicted molar refractivity (Wildman–Crippen MR) is 123 cm³/mol. The number of fused-ring (bicyclic) bond motifs is 6. The van der Waals surface area contributed by atoms with Crippen LogP contribution < -0.4 is 0 Å². The molecule has 0 radical (unpaired) electrons. The van der Waals surface area contributed by atoms with Crippen molar-refractivity contribution in [1.29, 1.82) is 0 Å². The van der Waals surface area contributed by atoms with E-state index in [0.717, 1.165) is 118 Å². The number of ether oxygens (including phenoxy) is 1. The van der Waals surface area contributed by atoms with E-state index >= 15 is 0 Å². The first kappa shape index (κ1) is 25.0. The molecule has 29 heavy (non-hydrogen) atoms. The van der Waals surface area contributed by atoms with Crippen molar-refractivity contribution < 1.29 is 4.74 Å². The van der Waals surface area contributed by atoms with E-state index in [-0.39, 0.29) is 0 Å². The van der Waals surface area contributed by atoms with E-state index in [1.54, 1.807) is 0 Å². The molecule has 7 heteroatoms. The van der Waals surface area contributed by atoms with Gasteiger partial charge in [-0.3, -0.25) is 0 Å². The van der Waals surface area contributed by atoms with Crippen molar-refractivity contribution >= 4 is 0 Å². The molecule has 0 aromatic carbocycles. The van der Waals surface area contributed by atoms with Gasteiger partial charge in [-0.25, -0.2) is 0 Å². The Labute approximate surface area is 180 Å². The number of likely N-dealkylation sites (N-methyl/N-ethyl adjacent to an activating group) is 4. The first-order valence-electron chi connectivity index (χ1n) is 11.8. The highest BCUT2D eigenvalue weighted by Crippen LogP contribution is 2.01. The van der Waals surface area contributed by atoms with Crippen LogP contribution in [0.4, 0.5) is 0 Å². The highest BCUT2D eigenvalue weighted by molar-refractivity contribution is 4.69. The summed E-state index contributed by atoms with van der Waals surface area (Å²) in [6.45, 7) is 17.9. The third-order valence-corrected chi connectivity index (χ3v) is 6.44. The van der Waals surface area contributed by atoms with E-state index in [1.807, 2.05) is 0 Å². The average molecular weight is 413 g/mol. The average Bonchev–Trinajstić information content (AvgIpc) is 2.71. The smallest absolute Gasteiger partial charge is 0.0478 e. The molecule has 2 bridgehead atoms. The Hall–Kier alpha value is -0.280. The summed E-state index contributed by atoms with van der Waals surface area (Å²) in [7, 11) is 9.09. The zero-order valence-corrected chi connectivity index (χ0v) is 19.8. The Morgan fingerprint density at radius 1 is 0.379 bits per heavy atom. The van der Waals surface area contributed by atoms with Crippen molar-refractivity contribution in [3.63, 3.8) is 0 Å². The van der Waals surface area contributed by atoms with E-state index in [9.17, 15) is 0 Å². The van der Waals surface area contributed by atoms with Gasteiger partial charge in [-0.15, -0.1) is 0 Å². The maximum absolute atomic E-state index is 5.94. The Kier molecular flexibility index (Phi) is 12.6. The molecular formula is C22H48N6O. The summed E-state index contributed by atoms with van der Waals surface area (Å²) in [5, 5.41) is 0. The first-order valence-corrected chi connectivity index (χ1v) is 11.8. The normalized spacial score (nSPS) is 31.0. The molecule has 2 fully saturated rings. The van der Waals surface area contributed by atoms with Gasteiger partial charge < -0.3 is 34.1 Å². The summed E-state index contributed by atoms with van der Waals surface area (Å²) in [6, 6.07) is 0. The second kappa shape index (κ2) is 14.7. The molecule has 0 N–H and O–H groups in total. The Balaban J connectivity index is 2.01. The lowest BCUT2D eigenvalue weighted by molar-refractivity contribution is 0.0964. The summed E-state index contributed by atoms with van der Waals surface area (Å²) in [4.78, 5) is 15.3. The minimum absolute atomic E-state index is 0.899. The van der Waals surface area contributed by atoms with Crippen molar-refractivity contribution in [2.24, 2.45) is 0 Å². The third kappa shape index (κ3) is 11.6. The van der Waals surface area contributed by atoms with Gasteiger partial charge in [-0.1, -0.05) is 0 Å². The maximum Gasteiger partial charge on any atom is 0.0478 e. The van der Waals surface area contributed by atoms with Crippen LogP contribution in [0.25, 0.3) is 0 Å². The van der Waals surface area contributed by atoms with Crippen molar-refractivity contribution in [3.8, 4) is 0 Å². The number of hydrogen-bond donors (Lipinski definition) is 0. The molecule has 2 saturated heterocycles. The van der Waals surface area contributed by atoms with Crippen molar-refractivity contribution in [2.45, 2.75) is 12.8 Å². The standard InChI is InChI=1S/C22H48N6O/c1-23-9-11-24(2)13-17-27-7-5-21-29-22-6-8-28(18-14-25(3)12-10-23)20-16-26(4)15-19-27/h5-22H2,1-4H3. The topological polar surface area (TPSA) is 28.7 Å². The van der Waals surface area contributed by atoms with Gasteiger partial charge in [0.2, 0.25) is 0 Å². The molecule has 2 heterocycles. The quantitative estimate of drug-likeness (QED) is 0.523. The number of rotatable bonds is 0. The van der Waals surface area contributed by atoms with Gasteiger partial charge in [0.15, 0.2) is 0 Å². The Bertz CT molecular complexity index is 375. The van der Waals surface area contributed by atoms with E-state index in [2.05, 4.69) is 57.6 Å². The molecule has 172 valence electrons. The van der Waals surface area contributed by atoms with Gasteiger partial charge >= 0.3 is 0 Å². The summed E-state index contributed by atoms with van der Waals surface area (Å²) in [6.07, 6.45) is 2.29. The van der Waals surface area contributed by atoms with Crippen LogP contribution in [0, 0.1) is 0 Å². The van der Waals surface area contributed by atoms with Crippen LogP contribution in [0.1, 0.15) is 12.8 Å². The Morgan fingerprint density at radius 3 is 0.966 bits per heavy atom. The monoisotopic (exact) mass is 412 g/mol. The highest BCUT2D eigenvalue weighted by Gasteiger charge is 2.13. The van der Waals surface area contributed by atoms with E-state index in [1.165, 1.54) is 0 Å². The zero-order chi connectivity index (χ0) is 20.9. The van der Waals surface area contributed by atoms with Crippen LogP contribution in [-0.4, -0.2) is 162 Å². The molecule has 0 aromatic heterocycles. The maximum atomic E-state index is 5.94. The van der Waals surface area contributed by atoms with Crippen LogP contribution in [0.2, 0.25) is 0 Å². The second-order valence-corrected chi connectivity index (χ2v) is 9.22. The fourth-order valence-electron chi connectivity index (χ4n) is 3.93. The van der Waals surface area contributed by atoms with Crippen molar-refractivity contribution in [2.75, 3.05) is 133 Å². The molecule has 2 rings (SSSR count). The minimum atomic E-state index is 0.899. The molecule has 2 unspecified atom stereocenters. The van der Waals surface area contributed by atoms with E-state index in [0.29, 0.717) is 0 Å². The Morgan fingerprint density at radius 2 is 0.655 bits per heavy atom. The molecular weight excluding hydrogens is 364 g/mol. The number of nitrogens with zero attached hydrogens (tertiary/aromatic N) is 6. The van der Waals surface area contributed by atoms with Crippen molar-refractivity contribution in [1.82, 2.24) is 29.4 Å². The molecule has 2 aliphatic rings. The molecule has 0 saturated carbocycles. The largest absolute Gasteiger partial charge is 0.381 e. The third-order valence-electron chi connectivity index (χ3n) is 6.44. The lowest BCUT2D eigenvalue weighted by Crippen LogP contribution is -2.44. The van der Waals surface area contributed by atoms with Gasteiger partial charge in [0, 0.05) is 105 Å². The zero-order valence-electron chi connectivity index (χ0n) is 19.8. The van der Waals surface area contributed by atoms with Gasteiger partial charge in [0.1, 0.15) is 0 Å². The first-order chi connectivity index (χ1) is 14.0. The predicted octanol–water partition coefficient (Wildman–Crippen LogP) is 0.142. The molecule has 2 aliphatic heterocycles. The van der Waals surface area contributed by atoms with Crippen LogP contribution >= 0.6 is 0 Å². The molecule has 0 amide bonds. The highest BCUT2D eigenvalue weighted by atomic mass is 16.5. The van der Waals surface area contributed by atoms with E-state index in [4.69, 9.17) is 4.74 Å². The van der Waals surface area contributed by atoms with Crippen LogP contribution in [0.5, 0.6) is 0 Å². The molecule has 0 aliphatic carbocycles. The van der Waals surface area contributed by atoms with Gasteiger partial charge in [-0.2, -0.15) is 0 Å². The van der Waals surface area contributed by atoms with Gasteiger partial charge in [-0.05, 0) is 41.0 Å². The SMILES string of the molecule is CN1CCN(C)CCN2CCCOCCCN(CCN(C)CC1)CCN(C)CC2. The molecule has 7 nitrogen and oxygen atoms in total. The summed E-state index contributed by atoms with van der Waals surface area (Å²) >= 11 is 0. The van der Waals surface area contributed by atoms with Crippen LogP contribution in [-0.2, 0) is 4.74 Å². The minimum Gasteiger partial charge on any atom is -0.381 e. The van der Waals surface area contributed by atoms with E-state index < -0.39 is 0 Å². The van der Waals surface area contributed by atoms with Gasteiger partial charge in [0.25, 0.3) is 0 Å². The van der Waals surface area contributed by atoms with Crippen LogP contribution in [0.15, 0.2) is 0 Å².